The van der Waals surface area contributed by atoms with Crippen molar-refractivity contribution in [1.82, 2.24) is 20.0 Å². The average molecular weight is 343 g/mol. The van der Waals surface area contributed by atoms with Crippen LogP contribution >= 0.6 is 11.6 Å². The van der Waals surface area contributed by atoms with E-state index < -0.39 is 5.91 Å². The second-order valence-corrected chi connectivity index (χ2v) is 5.67. The van der Waals surface area contributed by atoms with Gasteiger partial charge in [-0.1, -0.05) is 23.7 Å². The second kappa shape index (κ2) is 6.67. The molecule has 0 saturated heterocycles. The predicted molar refractivity (Wildman–Crippen MR) is 93.8 cm³/mol. The topological polar surface area (TPSA) is 74.9 Å². The molecule has 122 valence electrons. The number of halogens is 1. The number of fused-ring (bicyclic) bond motifs is 1. The summed E-state index contributed by atoms with van der Waals surface area (Å²) in [7, 11) is 3.94. The van der Waals surface area contributed by atoms with E-state index in [0.29, 0.717) is 10.7 Å². The van der Waals surface area contributed by atoms with Gasteiger partial charge in [-0.15, -0.1) is 10.2 Å². The van der Waals surface area contributed by atoms with Gasteiger partial charge in [-0.2, -0.15) is 5.10 Å². The number of hydrazone groups is 1. The maximum absolute atomic E-state index is 12.2. The molecule has 0 aliphatic heterocycles. The molecule has 0 aliphatic rings. The first kappa shape index (κ1) is 15.9. The summed E-state index contributed by atoms with van der Waals surface area (Å²) in [5.74, 6) is -0.349. The molecule has 1 N–H and O–H groups in total. The highest BCUT2D eigenvalue weighted by molar-refractivity contribution is 6.33. The minimum Gasteiger partial charge on any atom is -0.378 e. The van der Waals surface area contributed by atoms with Crippen LogP contribution in [0.4, 0.5) is 5.69 Å². The molecule has 2 aromatic heterocycles. The van der Waals surface area contributed by atoms with Gasteiger partial charge in [0, 0.05) is 26.0 Å². The highest BCUT2D eigenvalue weighted by Gasteiger charge is 2.14. The van der Waals surface area contributed by atoms with Gasteiger partial charge in [0.25, 0.3) is 0 Å². The summed E-state index contributed by atoms with van der Waals surface area (Å²) < 4.78 is 1.51. The van der Waals surface area contributed by atoms with Gasteiger partial charge in [0.1, 0.15) is 0 Å². The third kappa shape index (κ3) is 3.21. The Hall–Kier alpha value is -2.93. The minimum atomic E-state index is -0.467. The maximum atomic E-state index is 12.2. The smallest absolute Gasteiger partial charge is 0.309 e. The van der Waals surface area contributed by atoms with Crippen LogP contribution in [0.3, 0.4) is 0 Å². The summed E-state index contributed by atoms with van der Waals surface area (Å²) in [6, 6.07) is 11.2. The SMILES string of the molecule is CN(C)c1ccc(C=NNC(=O)c2nnc3c(Cl)cccn23)cc1. The molecule has 0 unspecified atom stereocenters. The Labute approximate surface area is 143 Å². The van der Waals surface area contributed by atoms with Crippen LogP contribution in [0.2, 0.25) is 5.02 Å². The number of anilines is 1. The van der Waals surface area contributed by atoms with Crippen LogP contribution in [0, 0.1) is 0 Å². The number of pyridine rings is 1. The lowest BCUT2D eigenvalue weighted by Crippen LogP contribution is -2.20. The number of carbonyl (C=O) groups excluding carboxylic acids is 1. The van der Waals surface area contributed by atoms with Crippen LogP contribution in [-0.2, 0) is 0 Å². The van der Waals surface area contributed by atoms with Crippen LogP contribution in [0.1, 0.15) is 16.2 Å². The zero-order valence-corrected chi connectivity index (χ0v) is 13.9. The summed E-state index contributed by atoms with van der Waals surface area (Å²) in [4.78, 5) is 14.2. The lowest BCUT2D eigenvalue weighted by atomic mass is 10.2. The molecule has 0 fully saturated rings. The molecular formula is C16H15ClN6O. The molecule has 7 nitrogen and oxygen atoms in total. The molecule has 3 aromatic rings. The zero-order valence-electron chi connectivity index (χ0n) is 13.1. The van der Waals surface area contributed by atoms with E-state index in [-0.39, 0.29) is 5.82 Å². The van der Waals surface area contributed by atoms with Crippen LogP contribution in [0.5, 0.6) is 0 Å². The van der Waals surface area contributed by atoms with Crippen molar-refractivity contribution >= 4 is 35.1 Å². The molecule has 2 heterocycles. The predicted octanol–water partition coefficient (Wildman–Crippen LogP) is 2.21. The van der Waals surface area contributed by atoms with Crippen molar-refractivity contribution in [1.29, 1.82) is 0 Å². The highest BCUT2D eigenvalue weighted by atomic mass is 35.5. The molecule has 24 heavy (non-hydrogen) atoms. The number of nitrogens with one attached hydrogen (secondary N) is 1. The van der Waals surface area contributed by atoms with E-state index in [9.17, 15) is 4.79 Å². The summed E-state index contributed by atoms with van der Waals surface area (Å²) in [5, 5.41) is 12.1. The van der Waals surface area contributed by atoms with Crippen molar-refractivity contribution in [3.8, 4) is 0 Å². The largest absolute Gasteiger partial charge is 0.378 e. The summed E-state index contributed by atoms with van der Waals surface area (Å²) in [5.41, 5.74) is 4.82. The number of hydrogen-bond donors (Lipinski definition) is 1. The summed E-state index contributed by atoms with van der Waals surface area (Å²) in [6.45, 7) is 0. The molecule has 0 aliphatic carbocycles. The Morgan fingerprint density at radius 3 is 2.71 bits per heavy atom. The Morgan fingerprint density at radius 2 is 2.00 bits per heavy atom. The van der Waals surface area contributed by atoms with Gasteiger partial charge in [-0.25, -0.2) is 5.43 Å². The standard InChI is InChI=1S/C16H15ClN6O/c1-22(2)12-7-5-11(6-8-12)10-18-21-16(24)15-20-19-14-13(17)4-3-9-23(14)15/h3-10H,1-2H3,(H,21,24). The van der Waals surface area contributed by atoms with Crippen LogP contribution in [-0.4, -0.2) is 40.8 Å². The first-order valence-electron chi connectivity index (χ1n) is 7.16. The maximum Gasteiger partial charge on any atom is 0.309 e. The van der Waals surface area contributed by atoms with E-state index in [1.54, 1.807) is 24.5 Å². The molecule has 0 saturated carbocycles. The summed E-state index contributed by atoms with van der Waals surface area (Å²) in [6.07, 6.45) is 3.23. The van der Waals surface area contributed by atoms with Crippen LogP contribution < -0.4 is 10.3 Å². The van der Waals surface area contributed by atoms with Crippen molar-refractivity contribution < 1.29 is 4.79 Å². The van der Waals surface area contributed by atoms with Crippen molar-refractivity contribution in [2.24, 2.45) is 5.10 Å². The third-order valence-corrected chi connectivity index (χ3v) is 3.67. The minimum absolute atomic E-state index is 0.118. The number of rotatable bonds is 4. The van der Waals surface area contributed by atoms with E-state index in [0.717, 1.165) is 11.3 Å². The van der Waals surface area contributed by atoms with Crippen LogP contribution in [0.25, 0.3) is 5.65 Å². The highest BCUT2D eigenvalue weighted by Crippen LogP contribution is 2.15. The van der Waals surface area contributed by atoms with Gasteiger partial charge in [-0.3, -0.25) is 9.20 Å². The average Bonchev–Trinajstić information content (AvgIpc) is 3.01. The first-order valence-corrected chi connectivity index (χ1v) is 7.54. The molecular weight excluding hydrogens is 328 g/mol. The molecule has 3 rings (SSSR count). The number of hydrogen-bond acceptors (Lipinski definition) is 5. The number of benzene rings is 1. The van der Waals surface area contributed by atoms with Gasteiger partial charge < -0.3 is 4.90 Å². The molecule has 0 radical (unpaired) electrons. The molecule has 0 atom stereocenters. The Morgan fingerprint density at radius 1 is 1.25 bits per heavy atom. The van der Waals surface area contributed by atoms with Gasteiger partial charge in [0.2, 0.25) is 5.82 Å². The number of amides is 1. The van der Waals surface area contributed by atoms with Gasteiger partial charge in [-0.05, 0) is 29.8 Å². The monoisotopic (exact) mass is 342 g/mol. The van der Waals surface area contributed by atoms with E-state index in [2.05, 4.69) is 20.7 Å². The number of nitrogens with zero attached hydrogens (tertiary/aromatic N) is 5. The van der Waals surface area contributed by atoms with E-state index in [1.165, 1.54) is 4.40 Å². The quantitative estimate of drug-likeness (QED) is 0.582. The molecule has 1 aromatic carbocycles. The first-order chi connectivity index (χ1) is 11.6. The molecule has 1 amide bonds. The Balaban J connectivity index is 1.71. The van der Waals surface area contributed by atoms with Gasteiger partial charge in [0.15, 0.2) is 5.65 Å². The van der Waals surface area contributed by atoms with Gasteiger partial charge in [0.05, 0.1) is 11.2 Å². The molecule has 8 heteroatoms. The fourth-order valence-corrected chi connectivity index (χ4v) is 2.31. The molecule has 0 bridgehead atoms. The summed E-state index contributed by atoms with van der Waals surface area (Å²) >= 11 is 6.01. The fraction of sp³-hybridized carbons (Fsp3) is 0.125. The van der Waals surface area contributed by atoms with E-state index >= 15 is 0 Å². The van der Waals surface area contributed by atoms with Gasteiger partial charge >= 0.3 is 5.91 Å². The van der Waals surface area contributed by atoms with Crippen molar-refractivity contribution in [3.05, 3.63) is 59.0 Å². The van der Waals surface area contributed by atoms with E-state index in [4.69, 9.17) is 11.6 Å². The second-order valence-electron chi connectivity index (χ2n) is 5.26. The lowest BCUT2D eigenvalue weighted by Gasteiger charge is -2.11. The van der Waals surface area contributed by atoms with Crippen molar-refractivity contribution in [2.75, 3.05) is 19.0 Å². The fourth-order valence-electron chi connectivity index (χ4n) is 2.11. The molecule has 0 spiro atoms. The zero-order chi connectivity index (χ0) is 17.1. The van der Waals surface area contributed by atoms with Crippen molar-refractivity contribution in [2.45, 2.75) is 0 Å². The Bertz CT molecular complexity index is 901. The van der Waals surface area contributed by atoms with E-state index in [1.807, 2.05) is 43.3 Å². The van der Waals surface area contributed by atoms with Crippen molar-refractivity contribution in [3.63, 3.8) is 0 Å². The number of carbonyl (C=O) groups is 1. The van der Waals surface area contributed by atoms with Crippen LogP contribution in [0.15, 0.2) is 47.7 Å². The normalized spacial score (nSPS) is 11.1. The third-order valence-electron chi connectivity index (χ3n) is 3.38. The Kier molecular flexibility index (Phi) is 4.43. The number of aromatic nitrogens is 3. The lowest BCUT2D eigenvalue weighted by molar-refractivity contribution is 0.0943.